The molecule has 0 saturated heterocycles. The number of ether oxygens (including phenoxy) is 1. The number of hydrogen-bond acceptors (Lipinski definition) is 1. The first kappa shape index (κ1) is 17.2. The van der Waals surface area contributed by atoms with Gasteiger partial charge in [0.25, 0.3) is 0 Å². The molecule has 2 rings (SSSR count). The minimum atomic E-state index is 0.897. The van der Waals surface area contributed by atoms with Crippen LogP contribution in [0.15, 0.2) is 48.5 Å². The summed E-state index contributed by atoms with van der Waals surface area (Å²) in [4.78, 5) is 0. The Balaban J connectivity index is 0.000000741. The van der Waals surface area contributed by atoms with E-state index < -0.39 is 0 Å². The van der Waals surface area contributed by atoms with Gasteiger partial charge in [-0.1, -0.05) is 69.7 Å². The van der Waals surface area contributed by atoms with E-state index in [4.69, 9.17) is 4.74 Å². The highest BCUT2D eigenvalue weighted by Crippen LogP contribution is 2.24. The molecule has 0 aliphatic rings. The van der Waals surface area contributed by atoms with Gasteiger partial charge in [-0.2, -0.15) is 0 Å². The van der Waals surface area contributed by atoms with Crippen LogP contribution in [0.5, 0.6) is 5.75 Å². The minimum Gasteiger partial charge on any atom is -0.497 e. The van der Waals surface area contributed by atoms with Gasteiger partial charge in [-0.15, -0.1) is 0 Å². The number of methoxy groups -OCH3 is 1. The van der Waals surface area contributed by atoms with E-state index in [0.29, 0.717) is 0 Å². The van der Waals surface area contributed by atoms with E-state index in [1.54, 1.807) is 7.11 Å². The molecule has 0 atom stereocenters. The lowest BCUT2D eigenvalue weighted by atomic mass is 10.0. The molecule has 0 N–H and O–H groups in total. The molecule has 0 bridgehead atoms. The molecule has 1 heteroatoms. The summed E-state index contributed by atoms with van der Waals surface area (Å²) in [7, 11) is 1.69. The van der Waals surface area contributed by atoms with E-state index in [9.17, 15) is 0 Å². The summed E-state index contributed by atoms with van der Waals surface area (Å²) in [5.41, 5.74) is 3.70. The molecule has 1 nitrogen and oxygen atoms in total. The Labute approximate surface area is 118 Å². The lowest BCUT2D eigenvalue weighted by molar-refractivity contribution is 0.415. The maximum Gasteiger partial charge on any atom is 0.119 e. The Hall–Kier alpha value is -1.76. The second-order valence-electron chi connectivity index (χ2n) is 3.60. The van der Waals surface area contributed by atoms with Gasteiger partial charge in [0.1, 0.15) is 5.75 Å². The lowest BCUT2D eigenvalue weighted by Crippen LogP contribution is -1.84. The third-order valence-corrected chi connectivity index (χ3v) is 2.42. The van der Waals surface area contributed by atoms with E-state index >= 15 is 0 Å². The summed E-state index contributed by atoms with van der Waals surface area (Å²) in [6, 6.07) is 16.6. The van der Waals surface area contributed by atoms with Gasteiger partial charge >= 0.3 is 0 Å². The van der Waals surface area contributed by atoms with Crippen LogP contribution in [0, 0.1) is 6.92 Å². The molecule has 0 radical (unpaired) electrons. The summed E-state index contributed by atoms with van der Waals surface area (Å²) in [6.45, 7) is 10.1. The summed E-state index contributed by atoms with van der Waals surface area (Å²) in [5, 5.41) is 0. The molecule has 0 unspecified atom stereocenters. The topological polar surface area (TPSA) is 9.23 Å². The van der Waals surface area contributed by atoms with Crippen LogP contribution in [0.2, 0.25) is 0 Å². The quantitative estimate of drug-likeness (QED) is 0.669. The zero-order chi connectivity index (χ0) is 14.7. The van der Waals surface area contributed by atoms with Gasteiger partial charge in [-0.05, 0) is 30.2 Å². The SMILES string of the molecule is CC.CC.COc1cccc(-c2cccc(C)c2)c1. The highest BCUT2D eigenvalue weighted by atomic mass is 16.5. The fourth-order valence-corrected chi connectivity index (χ4v) is 1.63. The van der Waals surface area contributed by atoms with E-state index in [2.05, 4.69) is 43.3 Å². The molecule has 0 heterocycles. The van der Waals surface area contributed by atoms with E-state index in [-0.39, 0.29) is 0 Å². The highest BCUT2D eigenvalue weighted by Gasteiger charge is 1.98. The summed E-state index contributed by atoms with van der Waals surface area (Å²) < 4.78 is 5.21. The van der Waals surface area contributed by atoms with E-state index in [0.717, 1.165) is 5.75 Å². The Kier molecular flexibility index (Phi) is 9.25. The maximum absolute atomic E-state index is 5.21. The second-order valence-corrected chi connectivity index (χ2v) is 3.60. The first-order valence-corrected chi connectivity index (χ1v) is 7.01. The smallest absolute Gasteiger partial charge is 0.119 e. The molecule has 19 heavy (non-hydrogen) atoms. The van der Waals surface area contributed by atoms with Gasteiger partial charge < -0.3 is 4.74 Å². The normalized spacial score (nSPS) is 8.53. The predicted molar refractivity (Wildman–Crippen MR) is 85.9 cm³/mol. The largest absolute Gasteiger partial charge is 0.497 e. The molecule has 0 amide bonds. The number of aryl methyl sites for hydroxylation is 1. The van der Waals surface area contributed by atoms with Gasteiger partial charge in [-0.3, -0.25) is 0 Å². The van der Waals surface area contributed by atoms with Crippen molar-refractivity contribution >= 4 is 0 Å². The van der Waals surface area contributed by atoms with Crippen molar-refractivity contribution in [1.82, 2.24) is 0 Å². The van der Waals surface area contributed by atoms with Gasteiger partial charge in [0.2, 0.25) is 0 Å². The average molecular weight is 258 g/mol. The first-order valence-electron chi connectivity index (χ1n) is 7.01. The molecule has 0 saturated carbocycles. The van der Waals surface area contributed by atoms with E-state index in [1.807, 2.05) is 39.8 Å². The Morgan fingerprint density at radius 1 is 0.737 bits per heavy atom. The molecule has 104 valence electrons. The molecule has 0 aliphatic carbocycles. The fourth-order valence-electron chi connectivity index (χ4n) is 1.63. The van der Waals surface area contributed by atoms with Crippen LogP contribution in [0.1, 0.15) is 33.3 Å². The van der Waals surface area contributed by atoms with Gasteiger partial charge in [0.15, 0.2) is 0 Å². The standard InChI is InChI=1S/C14H14O.2C2H6/c1-11-5-3-6-12(9-11)13-7-4-8-14(10-13)15-2;2*1-2/h3-10H,1-2H3;2*1-2H3. The molecule has 0 aromatic heterocycles. The summed E-state index contributed by atoms with van der Waals surface area (Å²) >= 11 is 0. The van der Waals surface area contributed by atoms with Crippen molar-refractivity contribution in [3.05, 3.63) is 54.1 Å². The average Bonchev–Trinajstić information content (AvgIpc) is 2.51. The minimum absolute atomic E-state index is 0.897. The van der Waals surface area contributed by atoms with Gasteiger partial charge in [-0.25, -0.2) is 0 Å². The highest BCUT2D eigenvalue weighted by molar-refractivity contribution is 5.65. The molecular formula is C18H26O. The Morgan fingerprint density at radius 2 is 1.26 bits per heavy atom. The van der Waals surface area contributed by atoms with Crippen LogP contribution >= 0.6 is 0 Å². The molecule has 0 aliphatic heterocycles. The van der Waals surface area contributed by atoms with Gasteiger partial charge in [0.05, 0.1) is 7.11 Å². The van der Waals surface area contributed by atoms with Crippen molar-refractivity contribution in [2.24, 2.45) is 0 Å². The number of hydrogen-bond donors (Lipinski definition) is 0. The number of rotatable bonds is 2. The number of benzene rings is 2. The van der Waals surface area contributed by atoms with Crippen LogP contribution < -0.4 is 4.74 Å². The molecule has 0 spiro atoms. The molecule has 0 fully saturated rings. The first-order chi connectivity index (χ1) is 9.29. The lowest BCUT2D eigenvalue weighted by Gasteiger charge is -2.05. The summed E-state index contributed by atoms with van der Waals surface area (Å²) in [5.74, 6) is 0.897. The van der Waals surface area contributed by atoms with Crippen molar-refractivity contribution in [2.75, 3.05) is 7.11 Å². The Morgan fingerprint density at radius 3 is 1.79 bits per heavy atom. The van der Waals surface area contributed by atoms with Crippen LogP contribution in [0.3, 0.4) is 0 Å². The van der Waals surface area contributed by atoms with Crippen molar-refractivity contribution in [3.63, 3.8) is 0 Å². The van der Waals surface area contributed by atoms with Crippen LogP contribution in [0.4, 0.5) is 0 Å². The zero-order valence-electron chi connectivity index (χ0n) is 13.0. The second kappa shape index (κ2) is 10.2. The van der Waals surface area contributed by atoms with Crippen LogP contribution in [-0.4, -0.2) is 7.11 Å². The van der Waals surface area contributed by atoms with Gasteiger partial charge in [0, 0.05) is 0 Å². The van der Waals surface area contributed by atoms with Crippen molar-refractivity contribution in [2.45, 2.75) is 34.6 Å². The maximum atomic E-state index is 5.21. The van der Waals surface area contributed by atoms with Crippen molar-refractivity contribution in [1.29, 1.82) is 0 Å². The van der Waals surface area contributed by atoms with Crippen molar-refractivity contribution < 1.29 is 4.74 Å². The fraction of sp³-hybridized carbons (Fsp3) is 0.333. The summed E-state index contributed by atoms with van der Waals surface area (Å²) in [6.07, 6.45) is 0. The third-order valence-electron chi connectivity index (χ3n) is 2.42. The molecule has 2 aromatic carbocycles. The predicted octanol–water partition coefficient (Wildman–Crippen LogP) is 5.72. The van der Waals surface area contributed by atoms with Crippen LogP contribution in [0.25, 0.3) is 11.1 Å². The monoisotopic (exact) mass is 258 g/mol. The zero-order valence-corrected chi connectivity index (χ0v) is 13.0. The van der Waals surface area contributed by atoms with Crippen LogP contribution in [-0.2, 0) is 0 Å². The Bertz CT molecular complexity index is 461. The third kappa shape index (κ3) is 5.60. The molecular weight excluding hydrogens is 232 g/mol. The van der Waals surface area contributed by atoms with Crippen molar-refractivity contribution in [3.8, 4) is 16.9 Å². The van der Waals surface area contributed by atoms with E-state index in [1.165, 1.54) is 16.7 Å². The molecule has 2 aromatic rings.